The Morgan fingerprint density at radius 2 is 1.50 bits per heavy atom. The molecule has 0 saturated heterocycles. The monoisotopic (exact) mass is 192 g/mol. The minimum atomic E-state index is -1.83. The quantitative estimate of drug-likeness (QED) is 0.157. The molecular formula is C6HF5Mg. The third kappa shape index (κ3) is 2.60. The molecule has 0 bridgehead atoms. The maximum atomic E-state index is 12.0. The molecule has 0 N–H and O–H groups in total. The number of hydrogen-bond acceptors (Lipinski definition) is 0. The molecule has 0 unspecified atom stereocenters. The van der Waals surface area contributed by atoms with E-state index in [4.69, 9.17) is 0 Å². The maximum absolute atomic E-state index is 12.0. The topological polar surface area (TPSA) is 0 Å². The Balaban J connectivity index is 0. The number of benzene rings is 1. The van der Waals surface area contributed by atoms with Gasteiger partial charge in [-0.05, 0) is 0 Å². The second-order valence-corrected chi connectivity index (χ2v) is 1.58. The van der Waals surface area contributed by atoms with Crippen molar-refractivity contribution in [2.75, 3.05) is 0 Å². The zero-order valence-electron chi connectivity index (χ0n) is 5.67. The van der Waals surface area contributed by atoms with Gasteiger partial charge in [0.05, 0.1) is 11.6 Å². The molecule has 1 aromatic carbocycles. The summed E-state index contributed by atoms with van der Waals surface area (Å²) in [7, 11) is 0. The minimum absolute atomic E-state index is 0. The summed E-state index contributed by atoms with van der Waals surface area (Å²) in [4.78, 5) is 0. The summed E-state index contributed by atoms with van der Waals surface area (Å²) in [5.74, 6) is -6.60. The van der Waals surface area contributed by atoms with Crippen LogP contribution >= 0.6 is 0 Å². The molecule has 0 saturated carbocycles. The predicted molar refractivity (Wildman–Crippen MR) is 30.9 cm³/mol. The van der Waals surface area contributed by atoms with Gasteiger partial charge in [-0.15, -0.1) is 12.1 Å². The van der Waals surface area contributed by atoms with Crippen LogP contribution in [0.25, 0.3) is 0 Å². The van der Waals surface area contributed by atoms with E-state index in [1.807, 2.05) is 0 Å². The second-order valence-electron chi connectivity index (χ2n) is 1.58. The molecule has 0 fully saturated rings. The fraction of sp³-hybridized carbons (Fsp3) is 0. The normalized spacial score (nSPS) is 8.33. The molecule has 0 spiro atoms. The van der Waals surface area contributed by atoms with Crippen molar-refractivity contribution in [1.82, 2.24) is 0 Å². The van der Waals surface area contributed by atoms with Crippen molar-refractivity contribution in [2.24, 2.45) is 0 Å². The van der Waals surface area contributed by atoms with Crippen LogP contribution < -0.4 is 4.70 Å². The summed E-state index contributed by atoms with van der Waals surface area (Å²) < 4.78 is 47.8. The van der Waals surface area contributed by atoms with E-state index in [0.29, 0.717) is 6.07 Å². The SMILES string of the molecule is Fc1[c-]cc(F)c(F)c1F.[F-].[Mg+2]. The largest absolute Gasteiger partial charge is 2.00 e. The van der Waals surface area contributed by atoms with Gasteiger partial charge in [-0.25, -0.2) is 8.78 Å². The van der Waals surface area contributed by atoms with E-state index in [-0.39, 0.29) is 27.8 Å². The van der Waals surface area contributed by atoms with E-state index < -0.39 is 23.3 Å². The first kappa shape index (κ1) is 14.2. The van der Waals surface area contributed by atoms with E-state index in [9.17, 15) is 17.6 Å². The van der Waals surface area contributed by atoms with Crippen LogP contribution in [-0.2, 0) is 0 Å². The summed E-state index contributed by atoms with van der Waals surface area (Å²) in [5, 5.41) is 0. The average Bonchev–Trinajstić information content (AvgIpc) is 1.93. The summed E-state index contributed by atoms with van der Waals surface area (Å²) in [6.07, 6.45) is 0. The first-order chi connectivity index (χ1) is 4.63. The van der Waals surface area contributed by atoms with Gasteiger partial charge in [0, 0.05) is 11.6 Å². The van der Waals surface area contributed by atoms with Gasteiger partial charge >= 0.3 is 23.1 Å². The average molecular weight is 192 g/mol. The van der Waals surface area contributed by atoms with Gasteiger partial charge in [0.2, 0.25) is 0 Å². The van der Waals surface area contributed by atoms with Crippen molar-refractivity contribution in [2.45, 2.75) is 0 Å². The van der Waals surface area contributed by atoms with Crippen molar-refractivity contribution in [3.8, 4) is 0 Å². The summed E-state index contributed by atoms with van der Waals surface area (Å²) >= 11 is 0. The molecular weight excluding hydrogens is 191 g/mol. The second kappa shape index (κ2) is 5.31. The van der Waals surface area contributed by atoms with Crippen LogP contribution in [0.5, 0.6) is 0 Å². The van der Waals surface area contributed by atoms with Crippen LogP contribution in [0.2, 0.25) is 0 Å². The van der Waals surface area contributed by atoms with Gasteiger partial charge in [0.15, 0.2) is 0 Å². The summed E-state index contributed by atoms with van der Waals surface area (Å²) in [6.45, 7) is 0. The molecule has 0 atom stereocenters. The molecule has 1 rings (SSSR count). The van der Waals surface area contributed by atoms with E-state index in [0.717, 1.165) is 0 Å². The Kier molecular flexibility index (Phi) is 6.27. The zero-order valence-corrected chi connectivity index (χ0v) is 7.09. The fourth-order valence-corrected chi connectivity index (χ4v) is 0.455. The molecule has 0 nitrogen and oxygen atoms in total. The van der Waals surface area contributed by atoms with Gasteiger partial charge in [0.1, 0.15) is 0 Å². The summed E-state index contributed by atoms with van der Waals surface area (Å²) in [6, 6.07) is 1.95. The smallest absolute Gasteiger partial charge is 1.00 e. The van der Waals surface area contributed by atoms with Gasteiger partial charge in [0.25, 0.3) is 0 Å². The van der Waals surface area contributed by atoms with E-state index >= 15 is 0 Å². The third-order valence-corrected chi connectivity index (χ3v) is 0.921. The number of rotatable bonds is 0. The predicted octanol–water partition coefficient (Wildman–Crippen LogP) is -1.33. The molecule has 62 valence electrons. The van der Waals surface area contributed by atoms with Gasteiger partial charge in [-0.2, -0.15) is 0 Å². The van der Waals surface area contributed by atoms with Crippen LogP contribution in [-0.4, -0.2) is 23.1 Å². The molecule has 12 heavy (non-hydrogen) atoms. The van der Waals surface area contributed by atoms with Crippen molar-refractivity contribution in [1.29, 1.82) is 0 Å². The van der Waals surface area contributed by atoms with Gasteiger partial charge < -0.3 is 4.70 Å². The first-order valence-corrected chi connectivity index (χ1v) is 2.33. The van der Waals surface area contributed by atoms with E-state index in [2.05, 4.69) is 0 Å². The molecule has 0 aliphatic carbocycles. The van der Waals surface area contributed by atoms with Crippen LogP contribution in [0.15, 0.2) is 6.07 Å². The van der Waals surface area contributed by atoms with Crippen LogP contribution in [0.4, 0.5) is 17.6 Å². The number of halogens is 5. The van der Waals surface area contributed by atoms with Gasteiger partial charge in [-0.1, -0.05) is 0 Å². The van der Waals surface area contributed by atoms with E-state index in [1.165, 1.54) is 0 Å². The molecule has 0 aliphatic heterocycles. The fourth-order valence-electron chi connectivity index (χ4n) is 0.455. The molecule has 6 heteroatoms. The van der Waals surface area contributed by atoms with Crippen molar-refractivity contribution in [3.63, 3.8) is 0 Å². The molecule has 0 heterocycles. The van der Waals surface area contributed by atoms with Crippen molar-refractivity contribution >= 4 is 23.1 Å². The van der Waals surface area contributed by atoms with Crippen LogP contribution in [0, 0.1) is 29.3 Å². The Bertz CT molecular complexity index is 235. The standard InChI is InChI=1S/C6HF4.FH.Mg/c7-3-1-2-4(8)6(10)5(3)9;;/h1H;1H;/q-1;;+2/p-1. The molecule has 0 aliphatic rings. The molecule has 0 radical (unpaired) electrons. The van der Waals surface area contributed by atoms with Crippen molar-refractivity contribution < 1.29 is 22.3 Å². The minimum Gasteiger partial charge on any atom is -1.00 e. The Labute approximate surface area is 81.1 Å². The summed E-state index contributed by atoms with van der Waals surface area (Å²) in [5.41, 5.74) is 0. The zero-order chi connectivity index (χ0) is 7.72. The van der Waals surface area contributed by atoms with E-state index in [1.54, 1.807) is 6.07 Å². The van der Waals surface area contributed by atoms with Crippen molar-refractivity contribution in [3.05, 3.63) is 35.4 Å². The van der Waals surface area contributed by atoms with Crippen LogP contribution in [0.3, 0.4) is 0 Å². The molecule has 0 amide bonds. The Morgan fingerprint density at radius 1 is 1.00 bits per heavy atom. The Morgan fingerprint density at radius 3 is 1.92 bits per heavy atom. The maximum Gasteiger partial charge on any atom is 2.00 e. The third-order valence-electron chi connectivity index (χ3n) is 0.921. The Hall–Kier alpha value is -0.364. The molecule has 1 aromatic rings. The van der Waals surface area contributed by atoms with Gasteiger partial charge in [-0.3, -0.25) is 8.78 Å². The molecule has 0 aromatic heterocycles. The van der Waals surface area contributed by atoms with Crippen LogP contribution in [0.1, 0.15) is 0 Å². The number of hydrogen-bond donors (Lipinski definition) is 0. The first-order valence-electron chi connectivity index (χ1n) is 2.33.